The summed E-state index contributed by atoms with van der Waals surface area (Å²) in [7, 11) is 4.48. The van der Waals surface area contributed by atoms with E-state index in [1.165, 1.54) is 51.7 Å². The van der Waals surface area contributed by atoms with Crippen molar-refractivity contribution in [3.05, 3.63) is 52.0 Å². The van der Waals surface area contributed by atoms with E-state index in [0.717, 1.165) is 0 Å². The Morgan fingerprint density at radius 1 is 0.931 bits per heavy atom. The highest BCUT2D eigenvalue weighted by molar-refractivity contribution is 6.35. The summed E-state index contributed by atoms with van der Waals surface area (Å²) in [5.74, 6) is 0.0993. The van der Waals surface area contributed by atoms with Crippen LogP contribution in [0, 0.1) is 0 Å². The standard InChI is InChI=1S/C20H19Cl2NO6/c1-26-16-6-12(7-17(27-2)20(16)28-3)4-5-19(25)29-11-18(24)23-15-9-13(21)8-14(22)10-15/h4-10H,11H2,1-3H3,(H,23,24)/b5-4+. The van der Waals surface area contributed by atoms with Crippen LogP contribution < -0.4 is 19.5 Å². The molecule has 0 spiro atoms. The molecule has 0 heterocycles. The van der Waals surface area contributed by atoms with Gasteiger partial charge in [-0.2, -0.15) is 0 Å². The first-order valence-corrected chi connectivity index (χ1v) is 9.02. The molecule has 9 heteroatoms. The van der Waals surface area contributed by atoms with Gasteiger partial charge in [0.2, 0.25) is 5.75 Å². The minimum Gasteiger partial charge on any atom is -0.493 e. The molecule has 2 rings (SSSR count). The molecule has 2 aromatic rings. The van der Waals surface area contributed by atoms with Crippen LogP contribution in [0.4, 0.5) is 5.69 Å². The number of amides is 1. The third kappa shape index (κ3) is 6.58. The molecule has 0 unspecified atom stereocenters. The molecule has 0 fully saturated rings. The highest BCUT2D eigenvalue weighted by atomic mass is 35.5. The summed E-state index contributed by atoms with van der Waals surface area (Å²) >= 11 is 11.7. The molecule has 0 aliphatic carbocycles. The quantitative estimate of drug-likeness (QED) is 0.489. The molecule has 29 heavy (non-hydrogen) atoms. The van der Waals surface area contributed by atoms with Gasteiger partial charge in [-0.05, 0) is 42.0 Å². The number of carbonyl (C=O) groups is 2. The number of methoxy groups -OCH3 is 3. The fraction of sp³-hybridized carbons (Fsp3) is 0.200. The molecule has 0 saturated carbocycles. The van der Waals surface area contributed by atoms with Crippen LogP contribution in [0.25, 0.3) is 6.08 Å². The maximum absolute atomic E-state index is 11.9. The van der Waals surface area contributed by atoms with Gasteiger partial charge in [0.1, 0.15) is 0 Å². The smallest absolute Gasteiger partial charge is 0.331 e. The van der Waals surface area contributed by atoms with Gasteiger partial charge in [-0.15, -0.1) is 0 Å². The van der Waals surface area contributed by atoms with E-state index < -0.39 is 18.5 Å². The Balaban J connectivity index is 1.96. The summed E-state index contributed by atoms with van der Waals surface area (Å²) in [5.41, 5.74) is 1.02. The van der Waals surface area contributed by atoms with Gasteiger partial charge in [0, 0.05) is 21.8 Å². The van der Waals surface area contributed by atoms with Crippen molar-refractivity contribution in [3.63, 3.8) is 0 Å². The number of esters is 1. The van der Waals surface area contributed by atoms with E-state index in [2.05, 4.69) is 5.32 Å². The lowest BCUT2D eigenvalue weighted by Crippen LogP contribution is -2.20. The first-order chi connectivity index (χ1) is 13.9. The summed E-state index contributed by atoms with van der Waals surface area (Å²) in [6, 6.07) is 7.92. The number of carbonyl (C=O) groups excluding carboxylic acids is 2. The Kier molecular flexibility index (Phi) is 8.18. The molecular weight excluding hydrogens is 421 g/mol. The molecule has 0 aromatic heterocycles. The second-order valence-electron chi connectivity index (χ2n) is 5.61. The van der Waals surface area contributed by atoms with Gasteiger partial charge in [0.25, 0.3) is 5.91 Å². The molecule has 1 amide bonds. The highest BCUT2D eigenvalue weighted by Gasteiger charge is 2.12. The number of ether oxygens (including phenoxy) is 4. The maximum Gasteiger partial charge on any atom is 0.331 e. The summed E-state index contributed by atoms with van der Waals surface area (Å²) in [6.45, 7) is -0.470. The number of anilines is 1. The van der Waals surface area contributed by atoms with E-state index in [0.29, 0.717) is 38.5 Å². The number of rotatable bonds is 8. The molecular formula is C20H19Cl2NO6. The van der Waals surface area contributed by atoms with Crippen molar-refractivity contribution in [3.8, 4) is 17.2 Å². The summed E-state index contributed by atoms with van der Waals surface area (Å²) < 4.78 is 20.7. The lowest BCUT2D eigenvalue weighted by Gasteiger charge is -2.12. The number of nitrogens with one attached hydrogen (secondary N) is 1. The Hall–Kier alpha value is -2.90. The number of halogens is 2. The van der Waals surface area contributed by atoms with E-state index in [9.17, 15) is 9.59 Å². The molecule has 1 N–H and O–H groups in total. The number of benzene rings is 2. The average Bonchev–Trinajstić information content (AvgIpc) is 2.68. The van der Waals surface area contributed by atoms with Gasteiger partial charge in [0.15, 0.2) is 18.1 Å². The molecule has 0 atom stereocenters. The van der Waals surface area contributed by atoms with Crippen molar-refractivity contribution in [2.45, 2.75) is 0 Å². The molecule has 0 aliphatic rings. The lowest BCUT2D eigenvalue weighted by atomic mass is 10.1. The Bertz CT molecular complexity index is 884. The monoisotopic (exact) mass is 439 g/mol. The van der Waals surface area contributed by atoms with E-state index in [1.807, 2.05) is 0 Å². The third-order valence-corrected chi connectivity index (χ3v) is 4.03. The van der Waals surface area contributed by atoms with E-state index in [4.69, 9.17) is 42.1 Å². The Labute approximate surface area is 178 Å². The maximum atomic E-state index is 11.9. The van der Waals surface area contributed by atoms with Gasteiger partial charge in [-0.3, -0.25) is 4.79 Å². The van der Waals surface area contributed by atoms with Crippen molar-refractivity contribution in [2.75, 3.05) is 33.3 Å². The summed E-state index contributed by atoms with van der Waals surface area (Å²) in [4.78, 5) is 23.8. The van der Waals surface area contributed by atoms with Crippen LogP contribution in [-0.4, -0.2) is 39.8 Å². The molecule has 0 aliphatic heterocycles. The van der Waals surface area contributed by atoms with Crippen molar-refractivity contribution >= 4 is 46.8 Å². The zero-order valence-electron chi connectivity index (χ0n) is 16.0. The molecule has 0 bridgehead atoms. The molecule has 2 aromatic carbocycles. The topological polar surface area (TPSA) is 83.1 Å². The molecule has 0 saturated heterocycles. The minimum atomic E-state index is -0.696. The first-order valence-electron chi connectivity index (χ1n) is 8.27. The second kappa shape index (κ2) is 10.6. The second-order valence-corrected chi connectivity index (χ2v) is 6.48. The fourth-order valence-electron chi connectivity index (χ4n) is 2.37. The van der Waals surface area contributed by atoms with E-state index in [1.54, 1.807) is 12.1 Å². The summed E-state index contributed by atoms with van der Waals surface area (Å²) in [6.07, 6.45) is 2.69. The van der Waals surface area contributed by atoms with Crippen molar-refractivity contribution < 1.29 is 28.5 Å². The van der Waals surface area contributed by atoms with Gasteiger partial charge in [0.05, 0.1) is 21.3 Å². The highest BCUT2D eigenvalue weighted by Crippen LogP contribution is 2.38. The van der Waals surface area contributed by atoms with Crippen LogP contribution >= 0.6 is 23.2 Å². The fourth-order valence-corrected chi connectivity index (χ4v) is 2.90. The molecule has 7 nitrogen and oxygen atoms in total. The van der Waals surface area contributed by atoms with Gasteiger partial charge >= 0.3 is 5.97 Å². The zero-order chi connectivity index (χ0) is 21.4. The van der Waals surface area contributed by atoms with Crippen LogP contribution in [0.5, 0.6) is 17.2 Å². The lowest BCUT2D eigenvalue weighted by molar-refractivity contribution is -0.142. The van der Waals surface area contributed by atoms with Gasteiger partial charge < -0.3 is 24.3 Å². The predicted octanol–water partition coefficient (Wildman–Crippen LogP) is 4.21. The van der Waals surface area contributed by atoms with Crippen LogP contribution in [0.1, 0.15) is 5.56 Å². The van der Waals surface area contributed by atoms with Gasteiger partial charge in [-0.25, -0.2) is 4.79 Å². The van der Waals surface area contributed by atoms with E-state index >= 15 is 0 Å². The van der Waals surface area contributed by atoms with E-state index in [-0.39, 0.29) is 0 Å². The average molecular weight is 440 g/mol. The van der Waals surface area contributed by atoms with Gasteiger partial charge in [-0.1, -0.05) is 23.2 Å². The normalized spacial score (nSPS) is 10.5. The SMILES string of the molecule is COc1cc(/C=C/C(=O)OCC(=O)Nc2cc(Cl)cc(Cl)c2)cc(OC)c1OC. The Morgan fingerprint density at radius 2 is 1.52 bits per heavy atom. The molecule has 154 valence electrons. The number of hydrogen-bond donors (Lipinski definition) is 1. The van der Waals surface area contributed by atoms with Crippen LogP contribution in [0.3, 0.4) is 0 Å². The van der Waals surface area contributed by atoms with Crippen LogP contribution in [0.15, 0.2) is 36.4 Å². The zero-order valence-corrected chi connectivity index (χ0v) is 17.5. The third-order valence-electron chi connectivity index (χ3n) is 3.59. The van der Waals surface area contributed by atoms with Crippen LogP contribution in [0.2, 0.25) is 10.0 Å². The summed E-state index contributed by atoms with van der Waals surface area (Å²) in [5, 5.41) is 3.29. The largest absolute Gasteiger partial charge is 0.493 e. The first kappa shape index (κ1) is 22.4. The minimum absolute atomic E-state index is 0.373. The number of hydrogen-bond acceptors (Lipinski definition) is 6. The molecule has 0 radical (unpaired) electrons. The van der Waals surface area contributed by atoms with Crippen LogP contribution in [-0.2, 0) is 14.3 Å². The van der Waals surface area contributed by atoms with Crippen molar-refractivity contribution in [1.29, 1.82) is 0 Å². The van der Waals surface area contributed by atoms with Crippen molar-refractivity contribution in [1.82, 2.24) is 0 Å². The van der Waals surface area contributed by atoms with Crippen molar-refractivity contribution in [2.24, 2.45) is 0 Å². The predicted molar refractivity (Wildman–Crippen MR) is 111 cm³/mol. The Morgan fingerprint density at radius 3 is 2.03 bits per heavy atom.